The van der Waals surface area contributed by atoms with Crippen LogP contribution in [0.15, 0.2) is 48.5 Å². The first-order valence-corrected chi connectivity index (χ1v) is 15.6. The van der Waals surface area contributed by atoms with Crippen LogP contribution >= 0.6 is 0 Å². The van der Waals surface area contributed by atoms with Crippen molar-refractivity contribution >= 4 is 35.1 Å². The SMILES string of the molecule is CC[C@@H](NC(=O)c1ccc2c(c1)C(=Cc1[nH]c(C)c(C(=O)N3CCC[C@H]3CN3CCCC3)c1C)C(=O)N2)c1ccccc1. The lowest BCUT2D eigenvalue weighted by molar-refractivity contribution is -0.110. The highest BCUT2D eigenvalue weighted by Gasteiger charge is 2.34. The fraction of sp³-hybridized carbons (Fsp3) is 0.400. The number of hydrogen-bond donors (Lipinski definition) is 3. The van der Waals surface area contributed by atoms with Gasteiger partial charge in [-0.05, 0) is 94.4 Å². The van der Waals surface area contributed by atoms with E-state index in [2.05, 4.69) is 25.4 Å². The number of anilines is 1. The summed E-state index contributed by atoms with van der Waals surface area (Å²) in [5.41, 5.74) is 6.43. The van der Waals surface area contributed by atoms with Crippen LogP contribution in [0.25, 0.3) is 11.6 Å². The van der Waals surface area contributed by atoms with Crippen molar-refractivity contribution in [3.63, 3.8) is 0 Å². The van der Waals surface area contributed by atoms with Crippen LogP contribution in [0.4, 0.5) is 5.69 Å². The molecule has 2 aromatic carbocycles. The van der Waals surface area contributed by atoms with Crippen LogP contribution in [-0.2, 0) is 4.79 Å². The highest BCUT2D eigenvalue weighted by molar-refractivity contribution is 6.35. The summed E-state index contributed by atoms with van der Waals surface area (Å²) < 4.78 is 0. The Bertz CT molecular complexity index is 1570. The molecule has 4 heterocycles. The van der Waals surface area contributed by atoms with E-state index < -0.39 is 0 Å². The molecule has 3 N–H and O–H groups in total. The third-order valence-electron chi connectivity index (χ3n) is 9.26. The van der Waals surface area contributed by atoms with E-state index in [4.69, 9.17) is 0 Å². The summed E-state index contributed by atoms with van der Waals surface area (Å²) in [7, 11) is 0. The van der Waals surface area contributed by atoms with E-state index >= 15 is 0 Å². The van der Waals surface area contributed by atoms with Crippen LogP contribution in [0.3, 0.4) is 0 Å². The number of benzene rings is 2. The van der Waals surface area contributed by atoms with E-state index in [0.717, 1.165) is 68.0 Å². The molecular weight excluding hydrogens is 538 g/mol. The molecule has 3 aliphatic heterocycles. The maximum Gasteiger partial charge on any atom is 0.256 e. The fourth-order valence-electron chi connectivity index (χ4n) is 6.90. The molecule has 3 aliphatic rings. The van der Waals surface area contributed by atoms with Crippen molar-refractivity contribution in [2.75, 3.05) is 31.5 Å². The lowest BCUT2D eigenvalue weighted by Gasteiger charge is -2.28. The number of likely N-dealkylation sites (tertiary alicyclic amines) is 2. The zero-order chi connectivity index (χ0) is 30.1. The Hall–Kier alpha value is -4.17. The Labute approximate surface area is 253 Å². The molecule has 0 spiro atoms. The number of rotatable bonds is 8. The zero-order valence-electron chi connectivity index (χ0n) is 25.3. The third kappa shape index (κ3) is 5.76. The van der Waals surface area contributed by atoms with Crippen LogP contribution in [0.1, 0.15) is 93.9 Å². The van der Waals surface area contributed by atoms with Gasteiger partial charge in [-0.2, -0.15) is 0 Å². The standard InChI is InChI=1S/C35H41N5O3/c1-4-29(24-11-6-5-7-12-24)37-33(41)25-14-15-30-27(19-25)28(34(42)38-30)20-31-22(2)32(23(3)36-31)35(43)40-18-10-13-26(40)21-39-16-8-9-17-39/h5-7,11-12,14-15,19-20,26,29,36H,4,8-10,13,16-18,21H2,1-3H3,(H,37,41)(H,38,42)/t26-,29+/m0/s1. The Kier molecular flexibility index (Phi) is 8.21. The van der Waals surface area contributed by atoms with Crippen molar-refractivity contribution in [2.24, 2.45) is 0 Å². The molecular formula is C35H41N5O3. The first-order valence-electron chi connectivity index (χ1n) is 15.6. The minimum absolute atomic E-state index is 0.0664. The maximum absolute atomic E-state index is 13.9. The van der Waals surface area contributed by atoms with Gasteiger partial charge in [0, 0.05) is 47.3 Å². The van der Waals surface area contributed by atoms with Crippen LogP contribution < -0.4 is 10.6 Å². The smallest absolute Gasteiger partial charge is 0.256 e. The van der Waals surface area contributed by atoms with Crippen molar-refractivity contribution in [1.29, 1.82) is 0 Å². The van der Waals surface area contributed by atoms with Gasteiger partial charge in [0.1, 0.15) is 0 Å². The fourth-order valence-corrected chi connectivity index (χ4v) is 6.90. The predicted octanol–water partition coefficient (Wildman–Crippen LogP) is 5.71. The lowest BCUT2D eigenvalue weighted by Crippen LogP contribution is -2.42. The molecule has 224 valence electrons. The van der Waals surface area contributed by atoms with Crippen LogP contribution in [0.5, 0.6) is 0 Å². The molecule has 8 nitrogen and oxygen atoms in total. The molecule has 3 amide bonds. The number of nitrogens with one attached hydrogen (secondary N) is 3. The molecule has 2 fully saturated rings. The molecule has 6 rings (SSSR count). The zero-order valence-corrected chi connectivity index (χ0v) is 25.3. The van der Waals surface area contributed by atoms with E-state index in [-0.39, 0.29) is 29.8 Å². The maximum atomic E-state index is 13.9. The number of hydrogen-bond acceptors (Lipinski definition) is 4. The molecule has 0 saturated carbocycles. The van der Waals surface area contributed by atoms with Gasteiger partial charge in [-0.15, -0.1) is 0 Å². The van der Waals surface area contributed by atoms with Gasteiger partial charge in [-0.1, -0.05) is 37.3 Å². The molecule has 0 unspecified atom stereocenters. The Balaban J connectivity index is 1.24. The van der Waals surface area contributed by atoms with Gasteiger partial charge >= 0.3 is 0 Å². The molecule has 43 heavy (non-hydrogen) atoms. The van der Waals surface area contributed by atoms with Gasteiger partial charge in [0.15, 0.2) is 0 Å². The van der Waals surface area contributed by atoms with Crippen LogP contribution in [0, 0.1) is 13.8 Å². The monoisotopic (exact) mass is 579 g/mol. The number of aromatic nitrogens is 1. The Morgan fingerprint density at radius 2 is 1.81 bits per heavy atom. The second-order valence-corrected chi connectivity index (χ2v) is 12.1. The number of nitrogens with zero attached hydrogens (tertiary/aromatic N) is 2. The van der Waals surface area contributed by atoms with Crippen molar-refractivity contribution in [2.45, 2.75) is 65.0 Å². The van der Waals surface area contributed by atoms with Gasteiger partial charge < -0.3 is 25.4 Å². The molecule has 1 aromatic heterocycles. The average molecular weight is 580 g/mol. The van der Waals surface area contributed by atoms with Gasteiger partial charge in [-0.25, -0.2) is 0 Å². The van der Waals surface area contributed by atoms with Gasteiger partial charge in [0.2, 0.25) is 0 Å². The minimum atomic E-state index is -0.229. The average Bonchev–Trinajstić information content (AvgIpc) is 3.81. The van der Waals surface area contributed by atoms with Crippen molar-refractivity contribution in [1.82, 2.24) is 20.1 Å². The summed E-state index contributed by atoms with van der Waals surface area (Å²) in [6.07, 6.45) is 7.12. The van der Waals surface area contributed by atoms with Gasteiger partial charge in [0.25, 0.3) is 17.7 Å². The van der Waals surface area contributed by atoms with E-state index in [0.29, 0.717) is 28.0 Å². The first-order chi connectivity index (χ1) is 20.8. The van der Waals surface area contributed by atoms with E-state index in [1.165, 1.54) is 12.8 Å². The van der Waals surface area contributed by atoms with Crippen LogP contribution in [0.2, 0.25) is 0 Å². The summed E-state index contributed by atoms with van der Waals surface area (Å²) >= 11 is 0. The van der Waals surface area contributed by atoms with Gasteiger partial charge in [0.05, 0.1) is 17.2 Å². The number of fused-ring (bicyclic) bond motifs is 1. The number of amides is 3. The molecule has 0 bridgehead atoms. The third-order valence-corrected chi connectivity index (χ3v) is 9.26. The number of carbonyl (C=O) groups excluding carboxylic acids is 3. The molecule has 3 aromatic rings. The van der Waals surface area contributed by atoms with Gasteiger partial charge in [-0.3, -0.25) is 14.4 Å². The largest absolute Gasteiger partial charge is 0.358 e. The second-order valence-electron chi connectivity index (χ2n) is 12.1. The molecule has 8 heteroatoms. The second kappa shape index (κ2) is 12.2. The van der Waals surface area contributed by atoms with Crippen molar-refractivity contribution in [3.8, 4) is 0 Å². The normalized spacial score (nSPS) is 20.0. The molecule has 2 atom stereocenters. The number of aromatic amines is 1. The summed E-state index contributed by atoms with van der Waals surface area (Å²) in [5.74, 6) is -0.351. The molecule has 0 radical (unpaired) electrons. The summed E-state index contributed by atoms with van der Waals surface area (Å²) in [6, 6.07) is 15.3. The Morgan fingerprint density at radius 3 is 2.56 bits per heavy atom. The summed E-state index contributed by atoms with van der Waals surface area (Å²) in [6.45, 7) is 9.89. The quantitative estimate of drug-likeness (QED) is 0.298. The predicted molar refractivity (Wildman–Crippen MR) is 170 cm³/mol. The van der Waals surface area contributed by atoms with Crippen molar-refractivity contribution in [3.05, 3.63) is 87.7 Å². The number of H-pyrrole nitrogens is 1. The number of carbonyl (C=O) groups is 3. The van der Waals surface area contributed by atoms with E-state index in [1.54, 1.807) is 18.2 Å². The van der Waals surface area contributed by atoms with E-state index in [1.807, 2.05) is 57.2 Å². The summed E-state index contributed by atoms with van der Waals surface area (Å²) in [4.78, 5) is 48.2. The molecule has 0 aliphatic carbocycles. The lowest BCUT2D eigenvalue weighted by atomic mass is 10.0. The first kappa shape index (κ1) is 28.9. The Morgan fingerprint density at radius 1 is 1.05 bits per heavy atom. The molecule has 2 saturated heterocycles. The highest BCUT2D eigenvalue weighted by Crippen LogP contribution is 2.35. The number of aryl methyl sites for hydroxylation is 1. The highest BCUT2D eigenvalue weighted by atomic mass is 16.2. The van der Waals surface area contributed by atoms with E-state index in [9.17, 15) is 14.4 Å². The van der Waals surface area contributed by atoms with Crippen molar-refractivity contribution < 1.29 is 14.4 Å². The topological polar surface area (TPSA) is 97.5 Å². The minimum Gasteiger partial charge on any atom is -0.358 e. The van der Waals surface area contributed by atoms with Crippen LogP contribution in [-0.4, -0.2) is 64.7 Å². The summed E-state index contributed by atoms with van der Waals surface area (Å²) in [5, 5.41) is 6.06.